The molecule has 27 heavy (non-hydrogen) atoms. The Bertz CT molecular complexity index is 817. The Kier molecular flexibility index (Phi) is 5.50. The fourth-order valence-electron chi connectivity index (χ4n) is 3.44. The van der Waals surface area contributed by atoms with Crippen molar-refractivity contribution in [2.24, 2.45) is 0 Å². The molecule has 144 valence electrons. The van der Waals surface area contributed by atoms with Crippen LogP contribution in [0.1, 0.15) is 34.9 Å². The van der Waals surface area contributed by atoms with E-state index >= 15 is 0 Å². The monoisotopic (exact) mass is 390 g/mol. The zero-order valence-corrected chi connectivity index (χ0v) is 15.8. The van der Waals surface area contributed by atoms with Gasteiger partial charge in [-0.3, -0.25) is 9.48 Å². The van der Waals surface area contributed by atoms with Gasteiger partial charge in [0.2, 0.25) is 0 Å². The number of ether oxygens (including phenoxy) is 2. The van der Waals surface area contributed by atoms with E-state index in [0.29, 0.717) is 54.4 Å². The molecule has 1 aromatic carbocycles. The molecule has 1 amide bonds. The Morgan fingerprint density at radius 2 is 2.26 bits per heavy atom. The van der Waals surface area contributed by atoms with Crippen molar-refractivity contribution in [3.05, 3.63) is 40.7 Å². The number of carbonyl (C=O) groups excluding carboxylic acids is 1. The average molecular weight is 391 g/mol. The van der Waals surface area contributed by atoms with Gasteiger partial charge in [0.15, 0.2) is 11.5 Å². The van der Waals surface area contributed by atoms with E-state index in [1.54, 1.807) is 6.07 Å². The fourth-order valence-corrected chi connectivity index (χ4v) is 3.73. The van der Waals surface area contributed by atoms with Crippen LogP contribution in [0.5, 0.6) is 11.5 Å². The summed E-state index contributed by atoms with van der Waals surface area (Å²) in [7, 11) is 0. The molecule has 0 spiro atoms. The highest BCUT2D eigenvalue weighted by Crippen LogP contribution is 2.38. The first-order valence-electron chi connectivity index (χ1n) is 9.33. The van der Waals surface area contributed by atoms with Crippen molar-refractivity contribution in [2.75, 3.05) is 32.8 Å². The highest BCUT2D eigenvalue weighted by molar-refractivity contribution is 6.32. The molecule has 1 aromatic heterocycles. The van der Waals surface area contributed by atoms with Crippen LogP contribution in [0.4, 0.5) is 0 Å². The van der Waals surface area contributed by atoms with E-state index < -0.39 is 0 Å². The molecule has 8 heteroatoms. The van der Waals surface area contributed by atoms with Crippen LogP contribution in [0.2, 0.25) is 5.02 Å². The van der Waals surface area contributed by atoms with Gasteiger partial charge in [0.1, 0.15) is 18.9 Å². The Morgan fingerprint density at radius 3 is 3.11 bits per heavy atom. The number of piperidine rings is 1. The molecule has 4 rings (SSSR count). The molecule has 2 aliphatic heterocycles. The maximum absolute atomic E-state index is 12.4. The van der Waals surface area contributed by atoms with Gasteiger partial charge in [0.25, 0.3) is 5.91 Å². The Hall–Kier alpha value is -2.25. The van der Waals surface area contributed by atoms with Crippen LogP contribution in [0.15, 0.2) is 24.4 Å². The van der Waals surface area contributed by atoms with Gasteiger partial charge in [-0.2, -0.15) is 5.10 Å². The van der Waals surface area contributed by atoms with Crippen LogP contribution < -0.4 is 20.1 Å². The van der Waals surface area contributed by atoms with Gasteiger partial charge in [0.05, 0.1) is 11.1 Å². The van der Waals surface area contributed by atoms with E-state index in [4.69, 9.17) is 21.1 Å². The van der Waals surface area contributed by atoms with Crippen LogP contribution in [0.25, 0.3) is 0 Å². The quantitative estimate of drug-likeness (QED) is 0.818. The molecule has 1 fully saturated rings. The highest BCUT2D eigenvalue weighted by Gasteiger charge is 2.18. The van der Waals surface area contributed by atoms with Gasteiger partial charge in [-0.25, -0.2) is 0 Å². The number of benzene rings is 1. The summed E-state index contributed by atoms with van der Waals surface area (Å²) in [5, 5.41) is 11.3. The summed E-state index contributed by atoms with van der Waals surface area (Å²) in [6.07, 6.45) is 4.74. The number of hydrogen-bond donors (Lipinski definition) is 2. The van der Waals surface area contributed by atoms with Crippen LogP contribution in [0.3, 0.4) is 0 Å². The first-order valence-corrected chi connectivity index (χ1v) is 9.70. The maximum Gasteiger partial charge on any atom is 0.271 e. The van der Waals surface area contributed by atoms with E-state index in [-0.39, 0.29) is 5.91 Å². The molecule has 0 aliphatic carbocycles. The molecule has 1 saturated heterocycles. The topological polar surface area (TPSA) is 77.4 Å². The van der Waals surface area contributed by atoms with Crippen LogP contribution >= 0.6 is 11.6 Å². The predicted octanol–water partition coefficient (Wildman–Crippen LogP) is 2.20. The minimum absolute atomic E-state index is 0.166. The van der Waals surface area contributed by atoms with Crippen molar-refractivity contribution in [1.82, 2.24) is 20.4 Å². The van der Waals surface area contributed by atoms with Gasteiger partial charge < -0.3 is 20.1 Å². The van der Waals surface area contributed by atoms with Gasteiger partial charge in [-0.05, 0) is 49.6 Å². The Labute approximate surface area is 163 Å². The molecule has 1 atom stereocenters. The Balaban J connectivity index is 1.32. The third-order valence-corrected chi connectivity index (χ3v) is 5.12. The van der Waals surface area contributed by atoms with Crippen molar-refractivity contribution in [1.29, 1.82) is 0 Å². The van der Waals surface area contributed by atoms with Crippen molar-refractivity contribution in [3.63, 3.8) is 0 Å². The van der Waals surface area contributed by atoms with E-state index in [0.717, 1.165) is 31.5 Å². The molecule has 3 heterocycles. The molecular weight excluding hydrogens is 368 g/mol. The van der Waals surface area contributed by atoms with Gasteiger partial charge >= 0.3 is 0 Å². The minimum atomic E-state index is -0.166. The number of halogens is 1. The summed E-state index contributed by atoms with van der Waals surface area (Å²) in [6.45, 7) is 3.46. The van der Waals surface area contributed by atoms with E-state index in [1.165, 1.54) is 0 Å². The van der Waals surface area contributed by atoms with E-state index in [1.807, 2.05) is 23.0 Å². The summed E-state index contributed by atoms with van der Waals surface area (Å²) in [4.78, 5) is 12.4. The number of hydrogen-bond acceptors (Lipinski definition) is 5. The van der Waals surface area contributed by atoms with Crippen molar-refractivity contribution in [3.8, 4) is 11.5 Å². The average Bonchev–Trinajstić information content (AvgIpc) is 3.19. The molecule has 2 N–H and O–H groups in total. The molecule has 2 aliphatic rings. The lowest BCUT2D eigenvalue weighted by atomic mass is 10.1. The number of nitrogens with one attached hydrogen (secondary N) is 2. The van der Waals surface area contributed by atoms with Crippen molar-refractivity contribution < 1.29 is 14.3 Å². The molecule has 1 unspecified atom stereocenters. The third-order valence-electron chi connectivity index (χ3n) is 4.84. The van der Waals surface area contributed by atoms with E-state index in [9.17, 15) is 4.79 Å². The molecule has 2 aromatic rings. The van der Waals surface area contributed by atoms with Crippen LogP contribution in [0, 0.1) is 0 Å². The van der Waals surface area contributed by atoms with Gasteiger partial charge in [-0.15, -0.1) is 0 Å². The summed E-state index contributed by atoms with van der Waals surface area (Å²) in [5.74, 6) is 1.09. The van der Waals surface area contributed by atoms with Crippen LogP contribution in [-0.4, -0.2) is 48.5 Å². The first-order chi connectivity index (χ1) is 13.2. The third kappa shape index (κ3) is 4.20. The van der Waals surface area contributed by atoms with Crippen molar-refractivity contribution >= 4 is 17.5 Å². The van der Waals surface area contributed by atoms with Crippen LogP contribution in [-0.2, 0) is 6.42 Å². The SMILES string of the molecule is O=C(NCCc1cc(Cl)c2c(c1)OCCO2)c1ccn(C2CCCNC2)n1. The molecule has 0 saturated carbocycles. The maximum atomic E-state index is 12.4. The summed E-state index contributed by atoms with van der Waals surface area (Å²) in [6, 6.07) is 5.86. The highest BCUT2D eigenvalue weighted by atomic mass is 35.5. The van der Waals surface area contributed by atoms with Gasteiger partial charge in [-0.1, -0.05) is 11.6 Å². The zero-order valence-electron chi connectivity index (χ0n) is 15.0. The molecule has 0 radical (unpaired) electrons. The smallest absolute Gasteiger partial charge is 0.271 e. The standard InChI is InChI=1S/C19H23ClN4O3/c20-15-10-13(11-17-18(15)27-9-8-26-17)3-6-22-19(25)16-4-7-24(23-16)14-2-1-5-21-12-14/h4,7,10-11,14,21H,1-3,5-6,8-9,12H2,(H,22,25). The number of rotatable bonds is 5. The number of carbonyl (C=O) groups is 1. The lowest BCUT2D eigenvalue weighted by molar-refractivity contribution is 0.0947. The second-order valence-corrected chi connectivity index (χ2v) is 7.20. The second-order valence-electron chi connectivity index (χ2n) is 6.79. The minimum Gasteiger partial charge on any atom is -0.486 e. The van der Waals surface area contributed by atoms with Crippen molar-refractivity contribution in [2.45, 2.75) is 25.3 Å². The largest absolute Gasteiger partial charge is 0.486 e. The zero-order chi connectivity index (χ0) is 18.6. The summed E-state index contributed by atoms with van der Waals surface area (Å²) >= 11 is 6.25. The summed E-state index contributed by atoms with van der Waals surface area (Å²) < 4.78 is 13.0. The first kappa shape index (κ1) is 18.1. The summed E-state index contributed by atoms with van der Waals surface area (Å²) in [5.41, 5.74) is 1.43. The Morgan fingerprint density at radius 1 is 1.37 bits per heavy atom. The number of nitrogens with zero attached hydrogens (tertiary/aromatic N) is 2. The molecule has 7 nitrogen and oxygen atoms in total. The lowest BCUT2D eigenvalue weighted by Gasteiger charge is -2.22. The predicted molar refractivity (Wildman–Crippen MR) is 102 cm³/mol. The number of fused-ring (bicyclic) bond motifs is 1. The number of aromatic nitrogens is 2. The molecule has 0 bridgehead atoms. The van der Waals surface area contributed by atoms with Gasteiger partial charge in [0, 0.05) is 19.3 Å². The lowest BCUT2D eigenvalue weighted by Crippen LogP contribution is -2.32. The van der Waals surface area contributed by atoms with E-state index in [2.05, 4.69) is 15.7 Å². The molecular formula is C19H23ClN4O3. The fraction of sp³-hybridized carbons (Fsp3) is 0.474. The normalized spacial score (nSPS) is 18.9. The second kappa shape index (κ2) is 8.19. The number of amides is 1.